The Balaban J connectivity index is 2.07. The Labute approximate surface area is 104 Å². The Hall–Kier alpha value is -1.02. The van der Waals surface area contributed by atoms with Gasteiger partial charge in [-0.1, -0.05) is 25.8 Å². The van der Waals surface area contributed by atoms with Gasteiger partial charge in [-0.05, 0) is 55.6 Å². The van der Waals surface area contributed by atoms with Crippen LogP contribution in [-0.2, 0) is 13.0 Å². The third kappa shape index (κ3) is 3.47. The highest BCUT2D eigenvalue weighted by Crippen LogP contribution is 2.21. The molecule has 94 valence electrons. The zero-order valence-electron chi connectivity index (χ0n) is 10.8. The third-order valence-corrected chi connectivity index (χ3v) is 3.55. The Morgan fingerprint density at radius 3 is 2.59 bits per heavy atom. The normalized spacial score (nSPS) is 17.2. The van der Waals surface area contributed by atoms with Crippen molar-refractivity contribution >= 4 is 0 Å². The molecule has 0 amide bonds. The number of hydrogen-bond donors (Lipinski definition) is 1. The lowest BCUT2D eigenvalue weighted by Crippen LogP contribution is -2.29. The Morgan fingerprint density at radius 1 is 1.12 bits per heavy atom. The molecule has 1 aliphatic rings. The molecule has 0 bridgehead atoms. The first kappa shape index (κ1) is 12.4. The summed E-state index contributed by atoms with van der Waals surface area (Å²) in [5.74, 6) is 0.399. The van der Waals surface area contributed by atoms with Gasteiger partial charge in [-0.25, -0.2) is 0 Å². The van der Waals surface area contributed by atoms with Crippen LogP contribution in [0.4, 0.5) is 0 Å². The van der Waals surface area contributed by atoms with Gasteiger partial charge in [0.15, 0.2) is 0 Å². The topological polar surface area (TPSA) is 23.5 Å². The van der Waals surface area contributed by atoms with E-state index < -0.39 is 0 Å². The molecule has 0 radical (unpaired) electrons. The number of rotatable bonds is 4. The van der Waals surface area contributed by atoms with Crippen molar-refractivity contribution in [1.82, 2.24) is 4.90 Å². The lowest BCUT2D eigenvalue weighted by molar-refractivity contribution is 0.220. The lowest BCUT2D eigenvalue weighted by Gasteiger charge is -2.27. The molecular formula is C15H23NO. The summed E-state index contributed by atoms with van der Waals surface area (Å²) in [6, 6.07) is 5.84. The molecule has 1 N–H and O–H groups in total. The number of aromatic hydroxyl groups is 1. The summed E-state index contributed by atoms with van der Waals surface area (Å²) in [4.78, 5) is 2.54. The van der Waals surface area contributed by atoms with Crippen molar-refractivity contribution in [2.75, 3.05) is 13.1 Å². The summed E-state index contributed by atoms with van der Waals surface area (Å²) in [7, 11) is 0. The number of hydrogen-bond acceptors (Lipinski definition) is 2. The SMILES string of the molecule is CCCc1cc(O)ccc1CN1CCCCC1. The fourth-order valence-corrected chi connectivity index (χ4v) is 2.63. The monoisotopic (exact) mass is 233 g/mol. The number of aryl methyl sites for hydroxylation is 1. The van der Waals surface area contributed by atoms with Gasteiger partial charge in [0.1, 0.15) is 5.75 Å². The average molecular weight is 233 g/mol. The summed E-state index contributed by atoms with van der Waals surface area (Å²) in [5.41, 5.74) is 2.71. The van der Waals surface area contributed by atoms with E-state index in [1.807, 2.05) is 12.1 Å². The van der Waals surface area contributed by atoms with Crippen LogP contribution in [0.3, 0.4) is 0 Å². The maximum atomic E-state index is 9.56. The molecule has 1 saturated heterocycles. The van der Waals surface area contributed by atoms with E-state index in [-0.39, 0.29) is 0 Å². The van der Waals surface area contributed by atoms with Crippen LogP contribution in [0.1, 0.15) is 43.7 Å². The van der Waals surface area contributed by atoms with Crippen LogP contribution in [0.25, 0.3) is 0 Å². The molecule has 0 atom stereocenters. The highest BCUT2D eigenvalue weighted by atomic mass is 16.3. The summed E-state index contributed by atoms with van der Waals surface area (Å²) in [6.07, 6.45) is 6.25. The van der Waals surface area contributed by atoms with E-state index in [1.165, 1.54) is 43.5 Å². The van der Waals surface area contributed by atoms with Crippen molar-refractivity contribution in [3.63, 3.8) is 0 Å². The molecule has 1 aromatic rings. The van der Waals surface area contributed by atoms with Gasteiger partial charge in [-0.3, -0.25) is 4.90 Å². The molecule has 1 aliphatic heterocycles. The quantitative estimate of drug-likeness (QED) is 0.862. The van der Waals surface area contributed by atoms with Gasteiger partial charge in [0.25, 0.3) is 0 Å². The molecule has 1 aromatic carbocycles. The molecular weight excluding hydrogens is 210 g/mol. The summed E-state index contributed by atoms with van der Waals surface area (Å²) in [6.45, 7) is 5.70. The molecule has 2 heteroatoms. The van der Waals surface area contributed by atoms with Gasteiger partial charge in [0.05, 0.1) is 0 Å². The van der Waals surface area contributed by atoms with Crippen molar-refractivity contribution in [2.45, 2.75) is 45.6 Å². The summed E-state index contributed by atoms with van der Waals surface area (Å²) < 4.78 is 0. The molecule has 0 unspecified atom stereocenters. The minimum absolute atomic E-state index is 0.399. The minimum atomic E-state index is 0.399. The largest absolute Gasteiger partial charge is 0.508 e. The molecule has 2 nitrogen and oxygen atoms in total. The molecule has 0 spiro atoms. The fourth-order valence-electron chi connectivity index (χ4n) is 2.63. The highest BCUT2D eigenvalue weighted by Gasteiger charge is 2.12. The van der Waals surface area contributed by atoms with Crippen molar-refractivity contribution in [3.8, 4) is 5.75 Å². The second kappa shape index (κ2) is 6.06. The van der Waals surface area contributed by atoms with Crippen LogP contribution in [0.2, 0.25) is 0 Å². The first-order valence-corrected chi connectivity index (χ1v) is 6.82. The predicted molar refractivity (Wildman–Crippen MR) is 71.2 cm³/mol. The van der Waals surface area contributed by atoms with Crippen LogP contribution in [0.15, 0.2) is 18.2 Å². The number of likely N-dealkylation sites (tertiary alicyclic amines) is 1. The van der Waals surface area contributed by atoms with Crippen molar-refractivity contribution in [2.24, 2.45) is 0 Å². The highest BCUT2D eigenvalue weighted by molar-refractivity contribution is 5.35. The van der Waals surface area contributed by atoms with Crippen LogP contribution in [0.5, 0.6) is 5.75 Å². The fraction of sp³-hybridized carbons (Fsp3) is 0.600. The average Bonchev–Trinajstić information content (AvgIpc) is 2.34. The molecule has 2 rings (SSSR count). The van der Waals surface area contributed by atoms with Crippen molar-refractivity contribution < 1.29 is 5.11 Å². The van der Waals surface area contributed by atoms with Crippen LogP contribution >= 0.6 is 0 Å². The van der Waals surface area contributed by atoms with Crippen LogP contribution < -0.4 is 0 Å². The van der Waals surface area contributed by atoms with E-state index in [0.717, 1.165) is 19.4 Å². The zero-order chi connectivity index (χ0) is 12.1. The zero-order valence-corrected chi connectivity index (χ0v) is 10.8. The Bertz CT molecular complexity index is 356. The van der Waals surface area contributed by atoms with E-state index in [4.69, 9.17) is 0 Å². The molecule has 0 aliphatic carbocycles. The maximum absolute atomic E-state index is 9.56. The van der Waals surface area contributed by atoms with E-state index in [1.54, 1.807) is 0 Å². The van der Waals surface area contributed by atoms with Crippen LogP contribution in [-0.4, -0.2) is 23.1 Å². The van der Waals surface area contributed by atoms with E-state index in [2.05, 4.69) is 17.9 Å². The smallest absolute Gasteiger partial charge is 0.115 e. The van der Waals surface area contributed by atoms with E-state index >= 15 is 0 Å². The minimum Gasteiger partial charge on any atom is -0.508 e. The Kier molecular flexibility index (Phi) is 4.43. The second-order valence-corrected chi connectivity index (χ2v) is 5.04. The van der Waals surface area contributed by atoms with Gasteiger partial charge >= 0.3 is 0 Å². The lowest BCUT2D eigenvalue weighted by atomic mass is 10.0. The molecule has 17 heavy (non-hydrogen) atoms. The van der Waals surface area contributed by atoms with Gasteiger partial charge in [0.2, 0.25) is 0 Å². The third-order valence-electron chi connectivity index (χ3n) is 3.55. The number of nitrogens with zero attached hydrogens (tertiary/aromatic N) is 1. The number of benzene rings is 1. The first-order chi connectivity index (χ1) is 8.29. The van der Waals surface area contributed by atoms with Gasteiger partial charge < -0.3 is 5.11 Å². The predicted octanol–water partition coefficient (Wildman–Crippen LogP) is 3.33. The first-order valence-electron chi connectivity index (χ1n) is 6.82. The van der Waals surface area contributed by atoms with Crippen LogP contribution in [0, 0.1) is 0 Å². The number of phenolic OH excluding ortho intramolecular Hbond substituents is 1. The second-order valence-electron chi connectivity index (χ2n) is 5.04. The molecule has 0 aromatic heterocycles. The van der Waals surface area contributed by atoms with Gasteiger partial charge in [0, 0.05) is 6.54 Å². The Morgan fingerprint density at radius 2 is 1.88 bits per heavy atom. The summed E-state index contributed by atoms with van der Waals surface area (Å²) in [5, 5.41) is 9.56. The van der Waals surface area contributed by atoms with Gasteiger partial charge in [-0.2, -0.15) is 0 Å². The number of piperidine rings is 1. The molecule has 1 fully saturated rings. The maximum Gasteiger partial charge on any atom is 0.115 e. The van der Waals surface area contributed by atoms with E-state index in [9.17, 15) is 5.11 Å². The van der Waals surface area contributed by atoms with E-state index in [0.29, 0.717) is 5.75 Å². The molecule has 1 heterocycles. The summed E-state index contributed by atoms with van der Waals surface area (Å²) >= 11 is 0. The molecule has 0 saturated carbocycles. The van der Waals surface area contributed by atoms with Crippen molar-refractivity contribution in [1.29, 1.82) is 0 Å². The van der Waals surface area contributed by atoms with Gasteiger partial charge in [-0.15, -0.1) is 0 Å². The number of phenols is 1. The van der Waals surface area contributed by atoms with Crippen molar-refractivity contribution in [3.05, 3.63) is 29.3 Å². The standard InChI is InChI=1S/C15H23NO/c1-2-6-13-11-15(17)8-7-14(13)12-16-9-4-3-5-10-16/h7-8,11,17H,2-6,9-10,12H2,1H3.